The zero-order valence-electron chi connectivity index (χ0n) is 15.6. The number of rotatable bonds is 3. The number of nitrogens with zero attached hydrogens (tertiary/aromatic N) is 2. The van der Waals surface area contributed by atoms with Gasteiger partial charge < -0.3 is 4.42 Å². The second-order valence-corrected chi connectivity index (χ2v) is 6.71. The third-order valence-electron chi connectivity index (χ3n) is 4.48. The number of anilines is 1. The quantitative estimate of drug-likeness (QED) is 0.581. The molecule has 140 valence electrons. The van der Waals surface area contributed by atoms with Gasteiger partial charge in [0.25, 0.3) is 5.91 Å². The first-order chi connectivity index (χ1) is 13.4. The van der Waals surface area contributed by atoms with Crippen molar-refractivity contribution in [2.45, 2.75) is 20.8 Å². The lowest BCUT2D eigenvalue weighted by atomic mass is 10.0. The Labute approximate surface area is 160 Å². The van der Waals surface area contributed by atoms with Crippen LogP contribution in [0.1, 0.15) is 27.2 Å². The van der Waals surface area contributed by atoms with E-state index in [0.29, 0.717) is 16.7 Å². The summed E-state index contributed by atoms with van der Waals surface area (Å²) in [6.07, 6.45) is 0. The minimum atomic E-state index is -0.609. The van der Waals surface area contributed by atoms with Crippen LogP contribution in [0.15, 0.2) is 56.3 Å². The summed E-state index contributed by atoms with van der Waals surface area (Å²) in [6.45, 7) is 5.77. The third kappa shape index (κ3) is 3.18. The fraction of sp³-hybridized carbons (Fsp3) is 0.143. The molecular weight excluding hydrogens is 358 g/mol. The fourth-order valence-corrected chi connectivity index (χ4v) is 2.99. The van der Waals surface area contributed by atoms with Gasteiger partial charge in [-0.15, -0.1) is 0 Å². The summed E-state index contributed by atoms with van der Waals surface area (Å²) >= 11 is 0. The van der Waals surface area contributed by atoms with Gasteiger partial charge in [-0.25, -0.2) is 4.63 Å². The molecule has 4 rings (SSSR count). The average Bonchev–Trinajstić information content (AvgIpc) is 3.12. The van der Waals surface area contributed by atoms with Crippen LogP contribution in [0.5, 0.6) is 0 Å². The molecule has 4 aromatic rings. The van der Waals surface area contributed by atoms with E-state index in [1.54, 1.807) is 12.1 Å². The van der Waals surface area contributed by atoms with E-state index in [0.717, 1.165) is 22.3 Å². The lowest BCUT2D eigenvalue weighted by Gasteiger charge is -2.07. The molecule has 0 aliphatic heterocycles. The van der Waals surface area contributed by atoms with Gasteiger partial charge >= 0.3 is 0 Å². The van der Waals surface area contributed by atoms with Crippen LogP contribution in [0, 0.1) is 20.8 Å². The molecule has 7 heteroatoms. The third-order valence-corrected chi connectivity index (χ3v) is 4.48. The molecule has 0 radical (unpaired) electrons. The monoisotopic (exact) mass is 375 g/mol. The number of fused-ring (bicyclic) bond motifs is 1. The van der Waals surface area contributed by atoms with Crippen LogP contribution >= 0.6 is 0 Å². The van der Waals surface area contributed by atoms with E-state index in [2.05, 4.69) is 15.6 Å². The predicted molar refractivity (Wildman–Crippen MR) is 104 cm³/mol. The highest BCUT2D eigenvalue weighted by Crippen LogP contribution is 2.28. The Morgan fingerprint density at radius 3 is 2.54 bits per heavy atom. The summed E-state index contributed by atoms with van der Waals surface area (Å²) in [5.74, 6) is -0.566. The molecule has 2 aromatic carbocycles. The Bertz CT molecular complexity index is 1270. The van der Waals surface area contributed by atoms with Crippen molar-refractivity contribution in [2.75, 3.05) is 5.32 Å². The Kier molecular flexibility index (Phi) is 4.27. The van der Waals surface area contributed by atoms with Crippen molar-refractivity contribution >= 4 is 22.7 Å². The van der Waals surface area contributed by atoms with Crippen molar-refractivity contribution in [3.8, 4) is 11.3 Å². The van der Waals surface area contributed by atoms with Crippen molar-refractivity contribution in [3.63, 3.8) is 0 Å². The van der Waals surface area contributed by atoms with Crippen LogP contribution in [-0.2, 0) is 0 Å². The molecule has 0 spiro atoms. The Morgan fingerprint density at radius 1 is 0.964 bits per heavy atom. The van der Waals surface area contributed by atoms with Crippen LogP contribution in [-0.4, -0.2) is 16.2 Å². The second kappa shape index (κ2) is 6.77. The maximum Gasteiger partial charge on any atom is 0.292 e. The van der Waals surface area contributed by atoms with Gasteiger partial charge in [-0.05, 0) is 54.8 Å². The molecule has 0 atom stereocenters. The molecule has 1 amide bonds. The van der Waals surface area contributed by atoms with Gasteiger partial charge in [0, 0.05) is 11.6 Å². The molecule has 28 heavy (non-hydrogen) atoms. The highest BCUT2D eigenvalue weighted by molar-refractivity contribution is 6.04. The SMILES string of the molecule is Cc1ccc(C)c(-c2nonc2NC(=O)c2cc(=O)c3cc(C)ccc3o2)c1. The molecule has 0 unspecified atom stereocenters. The van der Waals surface area contributed by atoms with Crippen molar-refractivity contribution in [2.24, 2.45) is 0 Å². The summed E-state index contributed by atoms with van der Waals surface area (Å²) in [5, 5.41) is 10.7. The molecule has 7 nitrogen and oxygen atoms in total. The Hall–Kier alpha value is -3.74. The van der Waals surface area contributed by atoms with E-state index in [-0.39, 0.29) is 17.0 Å². The van der Waals surface area contributed by atoms with E-state index in [9.17, 15) is 9.59 Å². The molecular formula is C21H17N3O4. The van der Waals surface area contributed by atoms with Gasteiger partial charge in [0.15, 0.2) is 16.9 Å². The number of carbonyl (C=O) groups is 1. The van der Waals surface area contributed by atoms with Crippen LogP contribution in [0.2, 0.25) is 0 Å². The van der Waals surface area contributed by atoms with E-state index in [1.807, 2.05) is 45.0 Å². The van der Waals surface area contributed by atoms with Crippen molar-refractivity contribution < 1.29 is 13.8 Å². The largest absolute Gasteiger partial charge is 0.451 e. The first-order valence-electron chi connectivity index (χ1n) is 8.68. The number of nitrogens with one attached hydrogen (secondary N) is 1. The summed E-state index contributed by atoms with van der Waals surface area (Å²) < 4.78 is 10.4. The minimum Gasteiger partial charge on any atom is -0.451 e. The van der Waals surface area contributed by atoms with Crippen molar-refractivity contribution in [1.82, 2.24) is 10.3 Å². The first-order valence-corrected chi connectivity index (χ1v) is 8.68. The lowest BCUT2D eigenvalue weighted by Crippen LogP contribution is -2.15. The normalized spacial score (nSPS) is 11.0. The lowest BCUT2D eigenvalue weighted by molar-refractivity contribution is 0.0996. The highest BCUT2D eigenvalue weighted by atomic mass is 16.6. The number of carbonyl (C=O) groups excluding carboxylic acids is 1. The molecule has 0 bridgehead atoms. The van der Waals surface area contributed by atoms with Gasteiger partial charge in [-0.1, -0.05) is 29.3 Å². The van der Waals surface area contributed by atoms with Crippen molar-refractivity contribution in [3.05, 3.63) is 75.1 Å². The zero-order valence-corrected chi connectivity index (χ0v) is 15.6. The van der Waals surface area contributed by atoms with Gasteiger partial charge in [0.1, 0.15) is 5.58 Å². The molecule has 0 fully saturated rings. The number of aryl methyl sites for hydroxylation is 3. The molecule has 1 N–H and O–H groups in total. The molecule has 2 heterocycles. The fourth-order valence-electron chi connectivity index (χ4n) is 2.99. The zero-order chi connectivity index (χ0) is 19.8. The number of amides is 1. The maximum absolute atomic E-state index is 12.7. The second-order valence-electron chi connectivity index (χ2n) is 6.71. The predicted octanol–water partition coefficient (Wildman–Crippen LogP) is 4.02. The molecule has 2 aromatic heterocycles. The van der Waals surface area contributed by atoms with Crippen molar-refractivity contribution in [1.29, 1.82) is 0 Å². The molecule has 0 saturated heterocycles. The van der Waals surface area contributed by atoms with Crippen LogP contribution < -0.4 is 10.7 Å². The Balaban J connectivity index is 1.70. The molecule has 0 aliphatic carbocycles. The summed E-state index contributed by atoms with van der Waals surface area (Å²) in [7, 11) is 0. The molecule has 0 aliphatic rings. The molecule has 0 saturated carbocycles. The van der Waals surface area contributed by atoms with Gasteiger partial charge in [0.05, 0.1) is 5.39 Å². The summed E-state index contributed by atoms with van der Waals surface area (Å²) in [5.41, 5.74) is 4.20. The standard InChI is InChI=1S/C21H17N3O4/c1-11-4-6-13(3)14(8-11)19-20(24-28-23-19)22-21(26)18-10-16(25)15-9-12(2)5-7-17(15)27-18/h4-10H,1-3H3,(H,22,24,26). The van der Waals surface area contributed by atoms with E-state index >= 15 is 0 Å². The van der Waals surface area contributed by atoms with Gasteiger partial charge in [0.2, 0.25) is 5.82 Å². The van der Waals surface area contributed by atoms with E-state index < -0.39 is 5.91 Å². The summed E-state index contributed by atoms with van der Waals surface area (Å²) in [6, 6.07) is 12.2. The van der Waals surface area contributed by atoms with Crippen LogP contribution in [0.3, 0.4) is 0 Å². The Morgan fingerprint density at radius 2 is 1.71 bits per heavy atom. The minimum absolute atomic E-state index is 0.115. The topological polar surface area (TPSA) is 98.2 Å². The maximum atomic E-state index is 12.7. The van der Waals surface area contributed by atoms with Crippen LogP contribution in [0.25, 0.3) is 22.2 Å². The number of aromatic nitrogens is 2. The first kappa shape index (κ1) is 17.7. The summed E-state index contributed by atoms with van der Waals surface area (Å²) in [4.78, 5) is 25.0. The number of benzene rings is 2. The van der Waals surface area contributed by atoms with E-state index in [4.69, 9.17) is 9.05 Å². The highest BCUT2D eigenvalue weighted by Gasteiger charge is 2.20. The average molecular weight is 375 g/mol. The number of hydrogen-bond acceptors (Lipinski definition) is 6. The van der Waals surface area contributed by atoms with Gasteiger partial charge in [-0.3, -0.25) is 14.9 Å². The van der Waals surface area contributed by atoms with E-state index in [1.165, 1.54) is 6.07 Å². The smallest absolute Gasteiger partial charge is 0.292 e. The number of hydrogen-bond donors (Lipinski definition) is 1. The van der Waals surface area contributed by atoms with Gasteiger partial charge in [-0.2, -0.15) is 0 Å². The van der Waals surface area contributed by atoms with Crippen LogP contribution in [0.4, 0.5) is 5.82 Å².